The number of rotatable bonds is 11. The predicted octanol–water partition coefficient (Wildman–Crippen LogP) is 33.1. The quantitative estimate of drug-likeness (QED) is 0.128. The lowest BCUT2D eigenvalue weighted by molar-refractivity contribution is 1.04. The van der Waals surface area contributed by atoms with Gasteiger partial charge in [-0.05, 0) is 237 Å². The fourth-order valence-corrected chi connectivity index (χ4v) is 23.3. The van der Waals surface area contributed by atoms with Gasteiger partial charge >= 0.3 is 0 Å². The molecule has 0 fully saturated rings. The van der Waals surface area contributed by atoms with Gasteiger partial charge in [0.2, 0.25) is 0 Å². The van der Waals surface area contributed by atoms with E-state index in [4.69, 9.17) is 19.9 Å². The molecule has 0 aliphatic carbocycles. The van der Waals surface area contributed by atoms with Crippen LogP contribution in [0.4, 0.5) is 0 Å². The summed E-state index contributed by atoms with van der Waals surface area (Å²) < 4.78 is 9.31. The van der Waals surface area contributed by atoms with Crippen LogP contribution < -0.4 is 0 Å². The van der Waals surface area contributed by atoms with Crippen molar-refractivity contribution >= 4 is 123 Å². The molecule has 0 N–H and O–H groups in total. The monoisotopic (exact) mass is 1750 g/mol. The van der Waals surface area contributed by atoms with E-state index in [1.165, 1.54) is 167 Å². The second kappa shape index (κ2) is 32.4. The Morgan fingerprint density at radius 3 is 0.872 bits per heavy atom. The van der Waals surface area contributed by atoms with E-state index in [0.29, 0.717) is 0 Å². The molecule has 8 nitrogen and oxygen atoms in total. The highest BCUT2D eigenvalue weighted by molar-refractivity contribution is 8.00. The first-order valence-electron chi connectivity index (χ1n) is 44.9. The second-order valence-corrected chi connectivity index (χ2v) is 37.1. The topological polar surface area (TPSA) is 71.3 Å². The highest BCUT2D eigenvalue weighted by atomic mass is 32.2. The van der Waals surface area contributed by atoms with E-state index in [1.807, 2.05) is 53.5 Å². The zero-order valence-corrected chi connectivity index (χ0v) is 74.1. The molecule has 133 heavy (non-hydrogen) atoms. The van der Waals surface area contributed by atoms with Crippen molar-refractivity contribution in [3.8, 4) is 135 Å². The van der Waals surface area contributed by atoms with Crippen LogP contribution >= 0.6 is 35.3 Å². The highest BCUT2D eigenvalue weighted by Crippen LogP contribution is 2.54. The molecule has 0 saturated carbocycles. The average molecular weight is 1750 g/mol. The van der Waals surface area contributed by atoms with Crippen LogP contribution in [0.2, 0.25) is 0 Å². The van der Waals surface area contributed by atoms with Gasteiger partial charge in [-0.3, -0.25) is 18.3 Å². The van der Waals surface area contributed by atoms with Crippen LogP contribution in [0.1, 0.15) is 0 Å². The normalized spacial score (nSPS) is 12.1. The number of imidazole rings is 4. The third kappa shape index (κ3) is 13.6. The Bertz CT molecular complexity index is 8890. The van der Waals surface area contributed by atoms with Crippen molar-refractivity contribution in [3.05, 3.63) is 461 Å². The maximum absolute atomic E-state index is 5.16. The molecule has 0 atom stereocenters. The average Bonchev–Trinajstić information content (AvgIpc) is 1.60. The number of hydrogen-bond donors (Lipinski definition) is 0. The van der Waals surface area contributed by atoms with E-state index in [2.05, 4.69) is 461 Å². The Hall–Kier alpha value is -16.4. The summed E-state index contributed by atoms with van der Waals surface area (Å²) in [6, 6.07) is 165. The van der Waals surface area contributed by atoms with Gasteiger partial charge in [0.05, 0.1) is 61.2 Å². The fraction of sp³-hybridized carbons (Fsp3) is 0. The van der Waals surface area contributed by atoms with Gasteiger partial charge < -0.3 is 0 Å². The maximum atomic E-state index is 5.16. The summed E-state index contributed by atoms with van der Waals surface area (Å²) in [5.41, 5.74) is 32.3. The van der Waals surface area contributed by atoms with E-state index < -0.39 is 0 Å². The first kappa shape index (κ1) is 77.7. The molecule has 3 aliphatic rings. The van der Waals surface area contributed by atoms with E-state index in [-0.39, 0.29) is 0 Å². The predicted molar refractivity (Wildman–Crippen MR) is 555 cm³/mol. The second-order valence-electron chi connectivity index (χ2n) is 34.0. The smallest absolute Gasteiger partial charge is 0.145 e. The van der Waals surface area contributed by atoms with Crippen molar-refractivity contribution in [1.29, 1.82) is 0 Å². The van der Waals surface area contributed by atoms with Gasteiger partial charge in [0.15, 0.2) is 0 Å². The summed E-state index contributed by atoms with van der Waals surface area (Å²) in [6.45, 7) is 0. The molecule has 0 spiro atoms. The van der Waals surface area contributed by atoms with Gasteiger partial charge in [0, 0.05) is 57.3 Å². The first-order chi connectivity index (χ1) is 65.9. The summed E-state index contributed by atoms with van der Waals surface area (Å²) in [7, 11) is 0. The molecule has 0 unspecified atom stereocenters. The van der Waals surface area contributed by atoms with Crippen LogP contribution in [-0.2, 0) is 0 Å². The summed E-state index contributed by atoms with van der Waals surface area (Å²) in [5, 5.41) is 10.0. The lowest BCUT2D eigenvalue weighted by Crippen LogP contribution is -2.05. The molecule has 0 bridgehead atoms. The third-order valence-electron chi connectivity index (χ3n) is 26.0. The molecule has 28 rings (SSSR count). The van der Waals surface area contributed by atoms with Crippen molar-refractivity contribution < 1.29 is 0 Å². The Kier molecular flexibility index (Phi) is 18.9. The Labute approximate surface area is 780 Å². The number of benzene rings is 21. The van der Waals surface area contributed by atoms with Crippen molar-refractivity contribution in [3.63, 3.8) is 0 Å². The minimum atomic E-state index is 0.936. The van der Waals surface area contributed by atoms with Crippen LogP contribution in [-0.4, -0.2) is 38.2 Å². The number of hydrogen-bond acceptors (Lipinski definition) is 7. The van der Waals surface area contributed by atoms with Gasteiger partial charge in [-0.25, -0.2) is 19.9 Å². The van der Waals surface area contributed by atoms with Crippen molar-refractivity contribution in [2.24, 2.45) is 0 Å². The van der Waals surface area contributed by atoms with Gasteiger partial charge in [0.25, 0.3) is 0 Å². The molecule has 25 aromatic rings. The van der Waals surface area contributed by atoms with Crippen molar-refractivity contribution in [2.75, 3.05) is 0 Å². The molecule has 0 amide bonds. The van der Waals surface area contributed by atoms with E-state index in [0.717, 1.165) is 84.5 Å². The molecule has 0 radical (unpaired) electrons. The largest absolute Gasteiger partial charge is 0.292 e. The molecular weight excluding hydrogens is 1670 g/mol. The molecule has 3 aliphatic heterocycles. The maximum Gasteiger partial charge on any atom is 0.145 e. The minimum absolute atomic E-state index is 0.936. The lowest BCUT2D eigenvalue weighted by atomic mass is 9.91. The zero-order chi connectivity index (χ0) is 87.6. The van der Waals surface area contributed by atoms with Gasteiger partial charge in [-0.15, -0.1) is 0 Å². The summed E-state index contributed by atoms with van der Waals surface area (Å²) >= 11 is 5.53. The number of aromatic nitrogens is 8. The number of nitrogens with zero attached hydrogens (tertiary/aromatic N) is 8. The minimum Gasteiger partial charge on any atom is -0.292 e. The van der Waals surface area contributed by atoms with Gasteiger partial charge in [0.1, 0.15) is 23.3 Å². The molecule has 4 aromatic heterocycles. The first-order valence-corrected chi connectivity index (χ1v) is 47.3. The van der Waals surface area contributed by atoms with E-state index in [1.54, 1.807) is 0 Å². The van der Waals surface area contributed by atoms with Crippen LogP contribution in [0.25, 0.3) is 222 Å². The molecule has 0 saturated heterocycles. The van der Waals surface area contributed by atoms with Crippen LogP contribution in [0.5, 0.6) is 0 Å². The summed E-state index contributed by atoms with van der Waals surface area (Å²) in [4.78, 5) is 27.8. The Morgan fingerprint density at radius 2 is 0.444 bits per heavy atom. The van der Waals surface area contributed by atoms with Crippen molar-refractivity contribution in [1.82, 2.24) is 38.2 Å². The lowest BCUT2D eigenvalue weighted by Gasteiger charge is -2.23. The van der Waals surface area contributed by atoms with E-state index >= 15 is 0 Å². The fourth-order valence-electron chi connectivity index (χ4n) is 19.7. The molecule has 21 aromatic carbocycles. The van der Waals surface area contributed by atoms with E-state index in [9.17, 15) is 0 Å². The summed E-state index contributed by atoms with van der Waals surface area (Å²) in [6.07, 6.45) is 0. The van der Waals surface area contributed by atoms with Crippen molar-refractivity contribution in [2.45, 2.75) is 29.4 Å². The number of fused-ring (bicyclic) bond motifs is 11. The molecular formula is C122H76N8S3. The summed E-state index contributed by atoms with van der Waals surface area (Å²) in [5.74, 6) is 3.86. The third-order valence-corrected chi connectivity index (χ3v) is 29.6. The molecule has 11 heteroatoms. The Balaban J connectivity index is 0.000000105. The van der Waals surface area contributed by atoms with Gasteiger partial charge in [-0.2, -0.15) is 0 Å². The highest BCUT2D eigenvalue weighted by Gasteiger charge is 2.31. The molecule has 622 valence electrons. The standard InChI is InChI=1S/C45H28N2S.C39H24N2S.C38H24N4S/c1-2-12-31(13-3-1)45-46-40-17-9-19-42-43(40)47(45)41-18-8-16-39(44(41)48-42)38-27-36(34-22-20-29-10-4-6-14-32(29)24-34)26-37(28-38)35-23-21-30-11-5-7-15-33(30)25-35;1-2-9-26(10-3-1)39-40-34-13-7-15-36-37(34)41(39)35-14-6-12-33(38(35)42-36)32-21-20-30-23-29(18-19-31(30)24-32)28-17-16-25-8-4-5-11-27(25)22-28;1-3-11-26(12-4-1)38-40-31-17-10-20-34-35(31)42(38)33-19-9-15-29(36(33)43-34)25-21-23-27(24-22-25)37-39-30-16-7-8-18-32(30)41(37)28-13-5-2-6-14-28/h1-28H;1-24H;1-24H. The van der Waals surface area contributed by atoms with Gasteiger partial charge in [-0.1, -0.05) is 369 Å². The Morgan fingerprint density at radius 1 is 0.165 bits per heavy atom. The van der Waals surface area contributed by atoms with Crippen LogP contribution in [0, 0.1) is 0 Å². The molecule has 7 heterocycles. The van der Waals surface area contributed by atoms with Crippen LogP contribution in [0.15, 0.2) is 490 Å². The zero-order valence-electron chi connectivity index (χ0n) is 71.7. The van der Waals surface area contributed by atoms with Crippen LogP contribution in [0.3, 0.4) is 0 Å². The number of para-hydroxylation sites is 6. The SMILES string of the molecule is c1ccc(-c2nc3cccc4c3n2-c2cccc(-c3cc(-c5ccc6ccccc6c5)cc(-c5ccc6ccccc6c5)c3)c2S4)cc1.c1ccc(-c2nc3cccc4c3n2-c2cccc(-c3ccc(-c5nc6ccccc6n5-c5ccccc5)cc3)c2S4)cc1.c1ccc(-c2nc3cccc4c3n2-c2cccc(-c3ccc5cc(-c6ccc7ccccc7c6)ccc5c3)c2S4)cc1.